The summed E-state index contributed by atoms with van der Waals surface area (Å²) in [6, 6.07) is 11.7. The number of H-pyrrole nitrogens is 2. The van der Waals surface area contributed by atoms with E-state index < -0.39 is 11.2 Å². The summed E-state index contributed by atoms with van der Waals surface area (Å²) >= 11 is 7.61. The van der Waals surface area contributed by atoms with Crippen LogP contribution in [-0.2, 0) is 6.42 Å². The van der Waals surface area contributed by atoms with Gasteiger partial charge >= 0.3 is 5.69 Å². The Kier molecular flexibility index (Phi) is 4.93. The first-order valence-corrected chi connectivity index (χ1v) is 9.74. The lowest BCUT2D eigenvalue weighted by Gasteiger charge is -2.05. The van der Waals surface area contributed by atoms with Crippen molar-refractivity contribution in [3.63, 3.8) is 0 Å². The van der Waals surface area contributed by atoms with Gasteiger partial charge in [0.1, 0.15) is 5.69 Å². The number of hydrogen-bond acceptors (Lipinski definition) is 5. The first-order chi connectivity index (χ1) is 13.5. The molecular weight excluding hydrogens is 396 g/mol. The van der Waals surface area contributed by atoms with Gasteiger partial charge in [-0.25, -0.2) is 4.79 Å². The number of halogens is 1. The van der Waals surface area contributed by atoms with E-state index in [0.29, 0.717) is 5.69 Å². The Morgan fingerprint density at radius 1 is 1.07 bits per heavy atom. The highest BCUT2D eigenvalue weighted by Gasteiger charge is 2.12. The van der Waals surface area contributed by atoms with Gasteiger partial charge in [0.2, 0.25) is 0 Å². The molecule has 140 valence electrons. The summed E-state index contributed by atoms with van der Waals surface area (Å²) in [5.74, 6) is 0. The van der Waals surface area contributed by atoms with Gasteiger partial charge in [-0.15, -0.1) is 16.4 Å². The van der Waals surface area contributed by atoms with Gasteiger partial charge < -0.3 is 4.98 Å². The number of aromatic nitrogens is 4. The van der Waals surface area contributed by atoms with Gasteiger partial charge in [-0.1, -0.05) is 23.7 Å². The molecular formula is C20H15ClN4O2S. The van der Waals surface area contributed by atoms with Gasteiger partial charge in [0.15, 0.2) is 0 Å². The summed E-state index contributed by atoms with van der Waals surface area (Å²) in [6.07, 6.45) is 2.16. The van der Waals surface area contributed by atoms with Gasteiger partial charge in [-0.2, -0.15) is 5.10 Å². The van der Waals surface area contributed by atoms with Gasteiger partial charge in [0, 0.05) is 28.1 Å². The third-order valence-electron chi connectivity index (χ3n) is 4.33. The molecule has 2 N–H and O–H groups in total. The number of rotatable bonds is 4. The SMILES string of the molecule is Cc1nnc(-c2c[nH]c(=O)[nH]c2=O)cc1-c1csc(Cc2ccc(Cl)cc2)c1. The zero-order chi connectivity index (χ0) is 19.7. The molecule has 3 aromatic heterocycles. The Morgan fingerprint density at radius 2 is 1.86 bits per heavy atom. The zero-order valence-corrected chi connectivity index (χ0v) is 16.4. The molecule has 4 aromatic rings. The van der Waals surface area contributed by atoms with Crippen molar-refractivity contribution in [2.24, 2.45) is 0 Å². The number of thiophene rings is 1. The van der Waals surface area contributed by atoms with Crippen LogP contribution >= 0.6 is 22.9 Å². The summed E-state index contributed by atoms with van der Waals surface area (Å²) in [5.41, 5.74) is 3.48. The minimum atomic E-state index is -0.557. The molecule has 4 rings (SSSR count). The topological polar surface area (TPSA) is 91.5 Å². The quantitative estimate of drug-likeness (QED) is 0.535. The Balaban J connectivity index is 1.68. The number of aromatic amines is 2. The summed E-state index contributed by atoms with van der Waals surface area (Å²) in [6.45, 7) is 1.87. The lowest BCUT2D eigenvalue weighted by molar-refractivity contribution is 0.974. The third kappa shape index (κ3) is 3.81. The Morgan fingerprint density at radius 3 is 2.61 bits per heavy atom. The molecule has 1 aromatic carbocycles. The van der Waals surface area contributed by atoms with Gasteiger partial charge in [0.05, 0.1) is 11.3 Å². The first kappa shape index (κ1) is 18.3. The summed E-state index contributed by atoms with van der Waals surface area (Å²) in [5, 5.41) is 11.1. The highest BCUT2D eigenvalue weighted by atomic mass is 35.5. The van der Waals surface area contributed by atoms with Crippen molar-refractivity contribution in [3.8, 4) is 22.4 Å². The highest BCUT2D eigenvalue weighted by molar-refractivity contribution is 7.10. The lowest BCUT2D eigenvalue weighted by atomic mass is 10.0. The highest BCUT2D eigenvalue weighted by Crippen LogP contribution is 2.30. The van der Waals surface area contributed by atoms with Crippen LogP contribution in [0.4, 0.5) is 0 Å². The van der Waals surface area contributed by atoms with Crippen LogP contribution in [0.25, 0.3) is 22.4 Å². The average Bonchev–Trinajstić information content (AvgIpc) is 3.13. The molecule has 28 heavy (non-hydrogen) atoms. The van der Waals surface area contributed by atoms with E-state index >= 15 is 0 Å². The van der Waals surface area contributed by atoms with E-state index in [1.54, 1.807) is 11.3 Å². The van der Waals surface area contributed by atoms with Crippen LogP contribution in [-0.4, -0.2) is 20.2 Å². The maximum atomic E-state index is 12.1. The number of nitrogens with one attached hydrogen (secondary N) is 2. The molecule has 0 aliphatic heterocycles. The Labute approximate surface area is 168 Å². The van der Waals surface area contributed by atoms with Crippen molar-refractivity contribution in [2.75, 3.05) is 0 Å². The molecule has 3 heterocycles. The molecule has 0 saturated heterocycles. The standard InChI is InChI=1S/C20H15ClN4O2S/c1-11-16(8-18(25-24-11)17-9-22-20(27)23-19(17)26)13-7-15(28-10-13)6-12-2-4-14(21)5-3-12/h2-5,7-10H,6H2,1H3,(H2,22,23,26,27). The van der Waals surface area contributed by atoms with Crippen molar-refractivity contribution in [3.05, 3.63) is 90.0 Å². The molecule has 0 aliphatic rings. The van der Waals surface area contributed by atoms with E-state index in [9.17, 15) is 9.59 Å². The van der Waals surface area contributed by atoms with E-state index in [1.807, 2.05) is 37.3 Å². The number of benzene rings is 1. The van der Waals surface area contributed by atoms with Crippen molar-refractivity contribution >= 4 is 22.9 Å². The predicted molar refractivity (Wildman–Crippen MR) is 111 cm³/mol. The van der Waals surface area contributed by atoms with Crippen molar-refractivity contribution in [1.82, 2.24) is 20.2 Å². The average molecular weight is 411 g/mol. The molecule has 0 bridgehead atoms. The van der Waals surface area contributed by atoms with Crippen molar-refractivity contribution < 1.29 is 0 Å². The minimum absolute atomic E-state index is 0.268. The number of hydrogen-bond donors (Lipinski definition) is 2. The smallest absolute Gasteiger partial charge is 0.313 e. The van der Waals surface area contributed by atoms with E-state index in [1.165, 1.54) is 16.6 Å². The maximum Gasteiger partial charge on any atom is 0.325 e. The van der Waals surface area contributed by atoms with Gasteiger partial charge in [0.25, 0.3) is 5.56 Å². The summed E-state index contributed by atoms with van der Waals surface area (Å²) in [7, 11) is 0. The maximum absolute atomic E-state index is 12.1. The summed E-state index contributed by atoms with van der Waals surface area (Å²) in [4.78, 5) is 29.2. The second-order valence-electron chi connectivity index (χ2n) is 6.32. The van der Waals surface area contributed by atoms with Gasteiger partial charge in [-0.3, -0.25) is 9.78 Å². The first-order valence-electron chi connectivity index (χ1n) is 8.48. The van der Waals surface area contributed by atoms with Crippen LogP contribution in [0.1, 0.15) is 16.1 Å². The molecule has 0 amide bonds. The lowest BCUT2D eigenvalue weighted by Crippen LogP contribution is -2.22. The second kappa shape index (κ2) is 7.53. The molecule has 0 unspecified atom stereocenters. The van der Waals surface area contributed by atoms with Crippen LogP contribution in [0.2, 0.25) is 5.02 Å². The van der Waals surface area contributed by atoms with E-state index in [0.717, 1.165) is 28.3 Å². The van der Waals surface area contributed by atoms with Gasteiger partial charge in [-0.05, 0) is 47.7 Å². The molecule has 0 saturated carbocycles. The Bertz CT molecular complexity index is 1260. The molecule has 0 radical (unpaired) electrons. The second-order valence-corrected chi connectivity index (χ2v) is 7.75. The third-order valence-corrected chi connectivity index (χ3v) is 5.52. The fourth-order valence-corrected chi connectivity index (χ4v) is 3.94. The fourth-order valence-electron chi connectivity index (χ4n) is 2.89. The number of aryl methyl sites for hydroxylation is 1. The van der Waals surface area contributed by atoms with Crippen LogP contribution in [0.3, 0.4) is 0 Å². The Hall–Kier alpha value is -3.03. The van der Waals surface area contributed by atoms with Crippen LogP contribution in [0.15, 0.2) is 57.6 Å². The number of nitrogens with zero attached hydrogens (tertiary/aromatic N) is 2. The summed E-state index contributed by atoms with van der Waals surface area (Å²) < 4.78 is 0. The molecule has 8 heteroatoms. The molecule has 0 fully saturated rings. The minimum Gasteiger partial charge on any atom is -0.313 e. The monoisotopic (exact) mass is 410 g/mol. The molecule has 0 atom stereocenters. The van der Waals surface area contributed by atoms with Crippen LogP contribution < -0.4 is 11.2 Å². The molecule has 6 nitrogen and oxygen atoms in total. The zero-order valence-electron chi connectivity index (χ0n) is 14.8. The normalized spacial score (nSPS) is 10.9. The van der Waals surface area contributed by atoms with E-state index in [4.69, 9.17) is 11.6 Å². The van der Waals surface area contributed by atoms with Crippen LogP contribution in [0, 0.1) is 6.92 Å². The fraction of sp³-hybridized carbons (Fsp3) is 0.100. The van der Waals surface area contributed by atoms with E-state index in [-0.39, 0.29) is 5.56 Å². The van der Waals surface area contributed by atoms with Crippen molar-refractivity contribution in [1.29, 1.82) is 0 Å². The predicted octanol–water partition coefficient (Wildman–Crippen LogP) is 3.80. The van der Waals surface area contributed by atoms with E-state index in [2.05, 4.69) is 31.6 Å². The van der Waals surface area contributed by atoms with Crippen LogP contribution in [0.5, 0.6) is 0 Å². The molecule has 0 aliphatic carbocycles. The molecule has 0 spiro atoms. The largest absolute Gasteiger partial charge is 0.325 e. The van der Waals surface area contributed by atoms with Crippen molar-refractivity contribution in [2.45, 2.75) is 13.3 Å².